The maximum atomic E-state index is 12.8. The number of carbonyl (C=O) groups is 2. The predicted octanol–water partition coefficient (Wildman–Crippen LogP) is 3.46. The normalized spacial score (nSPS) is 14.8. The molecule has 5 heteroatoms. The third-order valence-corrected chi connectivity index (χ3v) is 5.18. The van der Waals surface area contributed by atoms with Crippen molar-refractivity contribution < 1.29 is 9.59 Å². The number of carbonyl (C=O) groups excluding carboxylic acids is 2. The predicted molar refractivity (Wildman–Crippen MR) is 117 cm³/mol. The summed E-state index contributed by atoms with van der Waals surface area (Å²) >= 11 is 0. The molecule has 1 atom stereocenters. The summed E-state index contributed by atoms with van der Waals surface area (Å²) < 4.78 is 0. The summed E-state index contributed by atoms with van der Waals surface area (Å²) in [5.41, 5.74) is 3.28. The SMILES string of the molecule is CC(NC(=O)/C=C/c1ccccc1)C(=O)N(C)Cc1ccccc1N1CCCC1. The van der Waals surface area contributed by atoms with Crippen molar-refractivity contribution in [1.82, 2.24) is 10.2 Å². The minimum Gasteiger partial charge on any atom is -0.371 e. The van der Waals surface area contributed by atoms with E-state index in [2.05, 4.69) is 22.3 Å². The molecular formula is C24H29N3O2. The van der Waals surface area contributed by atoms with E-state index in [0.29, 0.717) is 6.54 Å². The number of nitrogens with one attached hydrogen (secondary N) is 1. The highest BCUT2D eigenvalue weighted by Crippen LogP contribution is 2.25. The molecule has 3 rings (SSSR count). The molecule has 1 aliphatic heterocycles. The Morgan fingerprint density at radius 3 is 2.45 bits per heavy atom. The molecule has 1 fully saturated rings. The number of hydrogen-bond acceptors (Lipinski definition) is 3. The summed E-state index contributed by atoms with van der Waals surface area (Å²) in [5.74, 6) is -0.386. The van der Waals surface area contributed by atoms with Crippen LogP contribution in [0.2, 0.25) is 0 Å². The second-order valence-electron chi connectivity index (χ2n) is 7.49. The molecule has 5 nitrogen and oxygen atoms in total. The Kier molecular flexibility index (Phi) is 7.06. The van der Waals surface area contributed by atoms with Gasteiger partial charge in [0.1, 0.15) is 6.04 Å². The van der Waals surface area contributed by atoms with E-state index in [-0.39, 0.29) is 11.8 Å². The molecule has 0 radical (unpaired) electrons. The molecule has 2 aromatic carbocycles. The van der Waals surface area contributed by atoms with Crippen LogP contribution < -0.4 is 10.2 Å². The highest BCUT2D eigenvalue weighted by Gasteiger charge is 2.21. The van der Waals surface area contributed by atoms with E-state index >= 15 is 0 Å². The quantitative estimate of drug-likeness (QED) is 0.736. The number of para-hydroxylation sites is 1. The van der Waals surface area contributed by atoms with Crippen molar-refractivity contribution >= 4 is 23.6 Å². The third-order valence-electron chi connectivity index (χ3n) is 5.18. The second-order valence-corrected chi connectivity index (χ2v) is 7.49. The lowest BCUT2D eigenvalue weighted by atomic mass is 10.1. The van der Waals surface area contributed by atoms with Gasteiger partial charge in [0.25, 0.3) is 0 Å². The number of amides is 2. The average molecular weight is 392 g/mol. The topological polar surface area (TPSA) is 52.7 Å². The van der Waals surface area contributed by atoms with Crippen LogP contribution in [0.3, 0.4) is 0 Å². The van der Waals surface area contributed by atoms with Gasteiger partial charge in [0, 0.05) is 38.4 Å². The molecule has 29 heavy (non-hydrogen) atoms. The van der Waals surface area contributed by atoms with Crippen molar-refractivity contribution in [3.8, 4) is 0 Å². The molecule has 0 spiro atoms. The Labute approximate surface area is 173 Å². The molecule has 2 amide bonds. The van der Waals surface area contributed by atoms with E-state index in [1.807, 2.05) is 42.5 Å². The number of likely N-dealkylation sites (N-methyl/N-ethyl adjacent to an activating group) is 1. The summed E-state index contributed by atoms with van der Waals surface area (Å²) in [4.78, 5) is 29.0. The van der Waals surface area contributed by atoms with Crippen LogP contribution in [0.15, 0.2) is 60.7 Å². The molecule has 1 aliphatic rings. The van der Waals surface area contributed by atoms with Crippen LogP contribution in [0.4, 0.5) is 5.69 Å². The minimum absolute atomic E-state index is 0.109. The summed E-state index contributed by atoms with van der Waals surface area (Å²) in [6, 6.07) is 17.3. The maximum Gasteiger partial charge on any atom is 0.244 e. The van der Waals surface area contributed by atoms with Gasteiger partial charge in [-0.1, -0.05) is 48.5 Å². The number of anilines is 1. The first-order chi connectivity index (χ1) is 14.0. The van der Waals surface area contributed by atoms with E-state index in [1.165, 1.54) is 24.6 Å². The monoisotopic (exact) mass is 391 g/mol. The van der Waals surface area contributed by atoms with Crippen molar-refractivity contribution in [2.45, 2.75) is 32.4 Å². The first-order valence-corrected chi connectivity index (χ1v) is 10.2. The number of nitrogens with zero attached hydrogens (tertiary/aromatic N) is 2. The molecule has 1 saturated heterocycles. The van der Waals surface area contributed by atoms with Gasteiger partial charge in [0.2, 0.25) is 11.8 Å². The van der Waals surface area contributed by atoms with E-state index in [0.717, 1.165) is 24.2 Å². The molecule has 0 aromatic heterocycles. The largest absolute Gasteiger partial charge is 0.371 e. The van der Waals surface area contributed by atoms with Gasteiger partial charge in [0.15, 0.2) is 0 Å². The van der Waals surface area contributed by atoms with Crippen LogP contribution in [0.25, 0.3) is 6.08 Å². The molecule has 1 unspecified atom stereocenters. The fourth-order valence-corrected chi connectivity index (χ4v) is 3.63. The molecule has 152 valence electrons. The van der Waals surface area contributed by atoms with Crippen molar-refractivity contribution in [1.29, 1.82) is 0 Å². The number of rotatable bonds is 7. The van der Waals surface area contributed by atoms with Gasteiger partial charge in [-0.25, -0.2) is 0 Å². The molecule has 2 aromatic rings. The van der Waals surface area contributed by atoms with Crippen LogP contribution in [0.5, 0.6) is 0 Å². The molecule has 1 N–H and O–H groups in total. The highest BCUT2D eigenvalue weighted by molar-refractivity contribution is 5.95. The molecule has 0 bridgehead atoms. The summed E-state index contributed by atoms with van der Waals surface area (Å²) in [5, 5.41) is 2.76. The summed E-state index contributed by atoms with van der Waals surface area (Å²) in [7, 11) is 1.78. The van der Waals surface area contributed by atoms with Crippen molar-refractivity contribution in [3.63, 3.8) is 0 Å². The van der Waals surface area contributed by atoms with Crippen LogP contribution in [0.1, 0.15) is 30.9 Å². The lowest BCUT2D eigenvalue weighted by Crippen LogP contribution is -2.44. The average Bonchev–Trinajstić information content (AvgIpc) is 3.27. The van der Waals surface area contributed by atoms with Gasteiger partial charge < -0.3 is 15.1 Å². The van der Waals surface area contributed by atoms with E-state index in [1.54, 1.807) is 24.9 Å². The first kappa shape index (κ1) is 20.6. The zero-order valence-electron chi connectivity index (χ0n) is 17.2. The van der Waals surface area contributed by atoms with Crippen LogP contribution in [-0.4, -0.2) is 42.9 Å². The summed E-state index contributed by atoms with van der Waals surface area (Å²) in [6.07, 6.45) is 5.62. The lowest BCUT2D eigenvalue weighted by Gasteiger charge is -2.26. The standard InChI is InChI=1S/C24H29N3O2/c1-19(25-23(28)15-14-20-10-4-3-5-11-20)24(29)26(2)18-21-12-6-7-13-22(21)27-16-8-9-17-27/h3-7,10-15,19H,8-9,16-18H2,1-2H3,(H,25,28)/b15-14+. The highest BCUT2D eigenvalue weighted by atomic mass is 16.2. The fourth-order valence-electron chi connectivity index (χ4n) is 3.63. The molecule has 1 heterocycles. The molecular weight excluding hydrogens is 362 g/mol. The number of benzene rings is 2. The zero-order chi connectivity index (χ0) is 20.6. The Bertz CT molecular complexity index is 857. The maximum absolute atomic E-state index is 12.8. The van der Waals surface area contributed by atoms with Crippen LogP contribution >= 0.6 is 0 Å². The minimum atomic E-state index is -0.591. The smallest absolute Gasteiger partial charge is 0.244 e. The Hall–Kier alpha value is -3.08. The van der Waals surface area contributed by atoms with Gasteiger partial charge >= 0.3 is 0 Å². The second kappa shape index (κ2) is 9.92. The molecule has 0 aliphatic carbocycles. The van der Waals surface area contributed by atoms with E-state index in [9.17, 15) is 9.59 Å². The Morgan fingerprint density at radius 2 is 1.72 bits per heavy atom. The molecule has 0 saturated carbocycles. The van der Waals surface area contributed by atoms with E-state index < -0.39 is 6.04 Å². The van der Waals surface area contributed by atoms with Gasteiger partial charge in [-0.15, -0.1) is 0 Å². The van der Waals surface area contributed by atoms with Crippen molar-refractivity contribution in [2.24, 2.45) is 0 Å². The van der Waals surface area contributed by atoms with Gasteiger partial charge in [-0.05, 0) is 43.0 Å². The van der Waals surface area contributed by atoms with Crippen LogP contribution in [-0.2, 0) is 16.1 Å². The van der Waals surface area contributed by atoms with E-state index in [4.69, 9.17) is 0 Å². The van der Waals surface area contributed by atoms with Crippen molar-refractivity contribution in [2.75, 3.05) is 25.0 Å². The van der Waals surface area contributed by atoms with Crippen molar-refractivity contribution in [3.05, 3.63) is 71.8 Å². The summed E-state index contributed by atoms with van der Waals surface area (Å²) in [6.45, 7) is 4.37. The third kappa shape index (κ3) is 5.70. The van der Waals surface area contributed by atoms with Gasteiger partial charge in [0.05, 0.1) is 0 Å². The Morgan fingerprint density at radius 1 is 1.07 bits per heavy atom. The number of hydrogen-bond donors (Lipinski definition) is 1. The zero-order valence-corrected chi connectivity index (χ0v) is 17.2. The fraction of sp³-hybridized carbons (Fsp3) is 0.333. The lowest BCUT2D eigenvalue weighted by molar-refractivity contribution is -0.134. The Balaban J connectivity index is 1.57. The van der Waals surface area contributed by atoms with Gasteiger partial charge in [-0.2, -0.15) is 0 Å². The van der Waals surface area contributed by atoms with Gasteiger partial charge in [-0.3, -0.25) is 9.59 Å². The van der Waals surface area contributed by atoms with Crippen LogP contribution in [0, 0.1) is 0 Å². The first-order valence-electron chi connectivity index (χ1n) is 10.2.